The molecule has 0 radical (unpaired) electrons. The first-order valence-electron chi connectivity index (χ1n) is 2.71. The molecular weight excluding hydrogens is 352 g/mol. The molecule has 0 atom stereocenters. The summed E-state index contributed by atoms with van der Waals surface area (Å²) in [6.07, 6.45) is 0. The number of hydrogen-bond acceptors (Lipinski definition) is 0. The monoisotopic (exact) mass is 358 g/mol. The molecule has 0 aromatic heterocycles. The summed E-state index contributed by atoms with van der Waals surface area (Å²) in [7, 11) is 11.6. The average molecular weight is 359 g/mol. The standard InChI is InChI=1S/C7H7.Au.2ClH/c1-7-5-3-2-4-6-7;;;/h2-5H,1H3;;2*1H/q;+2;;/p-2. The van der Waals surface area contributed by atoms with Crippen LogP contribution in [0.2, 0.25) is 0 Å². The molecule has 0 saturated carbocycles. The molecule has 10 heavy (non-hydrogen) atoms. The summed E-state index contributed by atoms with van der Waals surface area (Å²) >= 11 is -1.71. The first-order valence-corrected chi connectivity index (χ1v) is 9.16. The molecule has 1 rings (SSSR count). The summed E-state index contributed by atoms with van der Waals surface area (Å²) in [6.45, 7) is 2.03. The van der Waals surface area contributed by atoms with Crippen LogP contribution in [0.15, 0.2) is 24.3 Å². The summed E-state index contributed by atoms with van der Waals surface area (Å²) in [5.41, 5.74) is 1.20. The van der Waals surface area contributed by atoms with Crippen molar-refractivity contribution in [3.8, 4) is 0 Å². The maximum atomic E-state index is 5.82. The van der Waals surface area contributed by atoms with Crippen LogP contribution >= 0.6 is 18.4 Å². The topological polar surface area (TPSA) is 0 Å². The average Bonchev–Trinajstić information content (AvgIpc) is 1.88. The first-order chi connectivity index (χ1) is 4.72. The van der Waals surface area contributed by atoms with Gasteiger partial charge in [-0.25, -0.2) is 0 Å². The van der Waals surface area contributed by atoms with Gasteiger partial charge in [-0.05, 0) is 0 Å². The maximum absolute atomic E-state index is 5.82. The third-order valence-electron chi connectivity index (χ3n) is 1.16. The second kappa shape index (κ2) is 3.80. The third-order valence-corrected chi connectivity index (χ3v) is 5.26. The zero-order valence-electron chi connectivity index (χ0n) is 5.37. The van der Waals surface area contributed by atoms with Crippen molar-refractivity contribution >= 4 is 22.2 Å². The van der Waals surface area contributed by atoms with E-state index in [2.05, 4.69) is 0 Å². The van der Waals surface area contributed by atoms with Crippen molar-refractivity contribution in [3.05, 3.63) is 29.8 Å². The van der Waals surface area contributed by atoms with E-state index in [4.69, 9.17) is 18.4 Å². The molecule has 0 amide bonds. The molecule has 0 saturated heterocycles. The van der Waals surface area contributed by atoms with Gasteiger partial charge in [0.15, 0.2) is 0 Å². The predicted octanol–water partition coefficient (Wildman–Crippen LogP) is 2.55. The molecular formula is C7H7AuCl2. The van der Waals surface area contributed by atoms with Gasteiger partial charge >= 0.3 is 75.2 Å². The Morgan fingerprint density at radius 2 is 1.80 bits per heavy atom. The molecule has 0 unspecified atom stereocenters. The third kappa shape index (κ3) is 2.01. The van der Waals surface area contributed by atoms with E-state index in [0.717, 1.165) is 3.78 Å². The molecule has 0 aliphatic heterocycles. The first kappa shape index (κ1) is 8.64. The van der Waals surface area contributed by atoms with E-state index in [9.17, 15) is 0 Å². The number of halogens is 2. The molecule has 0 spiro atoms. The SMILES string of the molecule is Cc1cccc[c]1[Au]([Cl])[Cl]. The van der Waals surface area contributed by atoms with Crippen molar-refractivity contribution in [3.63, 3.8) is 0 Å². The van der Waals surface area contributed by atoms with Gasteiger partial charge in [-0.1, -0.05) is 0 Å². The van der Waals surface area contributed by atoms with Crippen molar-refractivity contribution in [1.82, 2.24) is 0 Å². The van der Waals surface area contributed by atoms with Crippen LogP contribution < -0.4 is 3.78 Å². The van der Waals surface area contributed by atoms with Crippen molar-refractivity contribution in [1.29, 1.82) is 0 Å². The van der Waals surface area contributed by atoms with Crippen LogP contribution in [0.4, 0.5) is 0 Å². The second-order valence-electron chi connectivity index (χ2n) is 1.87. The van der Waals surface area contributed by atoms with Gasteiger partial charge in [0.1, 0.15) is 0 Å². The Labute approximate surface area is 74.9 Å². The van der Waals surface area contributed by atoms with E-state index in [-0.39, 0.29) is 0 Å². The number of benzene rings is 1. The molecule has 0 aliphatic rings. The van der Waals surface area contributed by atoms with Crippen LogP contribution in [0.5, 0.6) is 0 Å². The Bertz CT molecular complexity index is 223. The molecule has 0 heterocycles. The van der Waals surface area contributed by atoms with Gasteiger partial charge in [0.05, 0.1) is 0 Å². The fourth-order valence-corrected chi connectivity index (χ4v) is 4.07. The van der Waals surface area contributed by atoms with E-state index in [1.54, 1.807) is 0 Å². The van der Waals surface area contributed by atoms with Gasteiger partial charge in [0.25, 0.3) is 0 Å². The molecule has 1 aromatic rings. The zero-order valence-corrected chi connectivity index (χ0v) is 9.05. The molecule has 3 heteroatoms. The van der Waals surface area contributed by atoms with Crippen molar-refractivity contribution < 1.29 is 16.3 Å². The minimum atomic E-state index is -1.71. The van der Waals surface area contributed by atoms with Gasteiger partial charge in [0.2, 0.25) is 0 Å². The van der Waals surface area contributed by atoms with Crippen LogP contribution in [0.25, 0.3) is 0 Å². The van der Waals surface area contributed by atoms with E-state index in [1.807, 2.05) is 31.2 Å². The summed E-state index contributed by atoms with van der Waals surface area (Å²) in [6, 6.07) is 7.99. The van der Waals surface area contributed by atoms with Crippen LogP contribution in [0.1, 0.15) is 5.56 Å². The van der Waals surface area contributed by atoms with Gasteiger partial charge < -0.3 is 0 Å². The quantitative estimate of drug-likeness (QED) is 0.677. The number of rotatable bonds is 1. The zero-order chi connectivity index (χ0) is 7.56. The van der Waals surface area contributed by atoms with Crippen molar-refractivity contribution in [2.45, 2.75) is 6.92 Å². The number of aryl methyl sites for hydroxylation is 1. The fraction of sp³-hybridized carbons (Fsp3) is 0.143. The van der Waals surface area contributed by atoms with E-state index in [0.29, 0.717) is 0 Å². The van der Waals surface area contributed by atoms with Crippen LogP contribution in [-0.4, -0.2) is 0 Å². The molecule has 0 fully saturated rings. The Balaban J connectivity index is 3.03. The Morgan fingerprint density at radius 3 is 2.20 bits per heavy atom. The summed E-state index contributed by atoms with van der Waals surface area (Å²) < 4.78 is 1.14. The Morgan fingerprint density at radius 1 is 1.20 bits per heavy atom. The molecule has 1 aromatic carbocycles. The van der Waals surface area contributed by atoms with Crippen molar-refractivity contribution in [2.24, 2.45) is 0 Å². The van der Waals surface area contributed by atoms with E-state index >= 15 is 0 Å². The van der Waals surface area contributed by atoms with Crippen LogP contribution in [-0.2, 0) is 16.3 Å². The van der Waals surface area contributed by atoms with Crippen LogP contribution in [0, 0.1) is 6.92 Å². The summed E-state index contributed by atoms with van der Waals surface area (Å²) in [5, 5.41) is 0. The Kier molecular flexibility index (Phi) is 3.28. The minimum absolute atomic E-state index is 1.14. The second-order valence-corrected chi connectivity index (χ2v) is 8.85. The Hall–Kier alpha value is 0.540. The van der Waals surface area contributed by atoms with Gasteiger partial charge in [-0.3, -0.25) is 0 Å². The molecule has 0 bridgehead atoms. The van der Waals surface area contributed by atoms with Gasteiger partial charge in [-0.15, -0.1) is 0 Å². The van der Waals surface area contributed by atoms with Gasteiger partial charge in [-0.2, -0.15) is 0 Å². The normalized spacial score (nSPS) is 11.3. The molecule has 0 N–H and O–H groups in total. The van der Waals surface area contributed by atoms with Gasteiger partial charge in [0, 0.05) is 0 Å². The molecule has 60 valence electrons. The number of hydrogen-bond donors (Lipinski definition) is 0. The van der Waals surface area contributed by atoms with E-state index < -0.39 is 16.3 Å². The van der Waals surface area contributed by atoms with Crippen LogP contribution in [0.3, 0.4) is 0 Å². The fourth-order valence-electron chi connectivity index (χ4n) is 0.665. The molecule has 0 aliphatic carbocycles. The van der Waals surface area contributed by atoms with E-state index in [1.165, 1.54) is 5.56 Å². The summed E-state index contributed by atoms with van der Waals surface area (Å²) in [4.78, 5) is 0. The van der Waals surface area contributed by atoms with Crippen molar-refractivity contribution in [2.75, 3.05) is 0 Å². The molecule has 0 nitrogen and oxygen atoms in total. The summed E-state index contributed by atoms with van der Waals surface area (Å²) in [5.74, 6) is 0. The predicted molar refractivity (Wildman–Crippen MR) is 42.5 cm³/mol.